The van der Waals surface area contributed by atoms with Gasteiger partial charge in [0.25, 0.3) is 0 Å². The Hall–Kier alpha value is -0.660. The molecule has 6 nitrogen and oxygen atoms in total. The van der Waals surface area contributed by atoms with Crippen LogP contribution in [0.1, 0.15) is 52.9 Å². The molecule has 0 aromatic carbocycles. The van der Waals surface area contributed by atoms with Crippen LogP contribution in [-0.2, 0) is 24.0 Å². The molecular weight excluding hydrogens is 282 g/mol. The molecule has 1 fully saturated rings. The van der Waals surface area contributed by atoms with Crippen molar-refractivity contribution in [1.29, 1.82) is 0 Å². The van der Waals surface area contributed by atoms with Crippen LogP contribution in [0, 0.1) is 5.92 Å². The molecule has 0 radical (unpaired) electrons. The molecule has 1 heterocycles. The van der Waals surface area contributed by atoms with Crippen molar-refractivity contribution >= 4 is 16.3 Å². The van der Waals surface area contributed by atoms with Crippen LogP contribution in [0.4, 0.5) is 0 Å². The smallest absolute Gasteiger partial charge is 0.336 e. The van der Waals surface area contributed by atoms with Crippen LogP contribution < -0.4 is 4.72 Å². The predicted octanol–water partition coefficient (Wildman–Crippen LogP) is 1.76. The van der Waals surface area contributed by atoms with Gasteiger partial charge in [0, 0.05) is 13.3 Å². The van der Waals surface area contributed by atoms with Crippen molar-refractivity contribution in [3.05, 3.63) is 0 Å². The van der Waals surface area contributed by atoms with Gasteiger partial charge in [-0.3, -0.25) is 8.98 Å². The summed E-state index contributed by atoms with van der Waals surface area (Å²) in [7, 11) is -3.75. The lowest BCUT2D eigenvalue weighted by atomic mass is 9.91. The van der Waals surface area contributed by atoms with Crippen molar-refractivity contribution in [2.45, 2.75) is 65.0 Å². The normalized spacial score (nSPS) is 27.6. The van der Waals surface area contributed by atoms with Gasteiger partial charge in [-0.1, -0.05) is 33.1 Å². The van der Waals surface area contributed by atoms with Gasteiger partial charge in [0.05, 0.1) is 12.6 Å². The molecule has 0 spiro atoms. The Bertz CT molecular complexity index is 409. The third kappa shape index (κ3) is 5.76. The van der Waals surface area contributed by atoms with Crippen molar-refractivity contribution in [3.63, 3.8) is 0 Å². The maximum Gasteiger partial charge on any atom is 0.336 e. The van der Waals surface area contributed by atoms with Crippen LogP contribution in [-0.4, -0.2) is 33.1 Å². The van der Waals surface area contributed by atoms with Gasteiger partial charge < -0.3 is 4.74 Å². The van der Waals surface area contributed by atoms with Crippen LogP contribution >= 0.6 is 0 Å². The average molecular weight is 307 g/mol. The zero-order valence-electron chi connectivity index (χ0n) is 12.4. The molecule has 0 aromatic rings. The molecule has 0 amide bonds. The zero-order valence-corrected chi connectivity index (χ0v) is 13.2. The van der Waals surface area contributed by atoms with Crippen molar-refractivity contribution in [2.75, 3.05) is 6.61 Å². The fourth-order valence-electron chi connectivity index (χ4n) is 2.45. The Morgan fingerprint density at radius 2 is 2.15 bits per heavy atom. The molecule has 0 saturated carbocycles. The van der Waals surface area contributed by atoms with Gasteiger partial charge >= 0.3 is 16.3 Å². The van der Waals surface area contributed by atoms with Crippen LogP contribution in [0.15, 0.2) is 0 Å². The highest BCUT2D eigenvalue weighted by Gasteiger charge is 2.35. The first kappa shape index (κ1) is 17.4. The van der Waals surface area contributed by atoms with E-state index in [4.69, 9.17) is 8.92 Å². The second-order valence-electron chi connectivity index (χ2n) is 5.33. The summed E-state index contributed by atoms with van der Waals surface area (Å²) in [6.07, 6.45) is 4.05. The van der Waals surface area contributed by atoms with Gasteiger partial charge in [-0.15, -0.1) is 0 Å². The number of carbonyl (C=O) groups excluding carboxylic acids is 1. The van der Waals surface area contributed by atoms with Crippen molar-refractivity contribution in [1.82, 2.24) is 4.72 Å². The van der Waals surface area contributed by atoms with Gasteiger partial charge in [-0.2, -0.15) is 13.1 Å². The van der Waals surface area contributed by atoms with Crippen LogP contribution in [0.5, 0.6) is 0 Å². The minimum Gasteiger partial charge on any atom is -0.461 e. The quantitative estimate of drug-likeness (QED) is 0.597. The van der Waals surface area contributed by atoms with E-state index in [2.05, 4.69) is 11.6 Å². The highest BCUT2D eigenvalue weighted by molar-refractivity contribution is 7.84. The fraction of sp³-hybridized carbons (Fsp3) is 0.923. The molecule has 1 saturated heterocycles. The molecular formula is C13H25NO5S. The van der Waals surface area contributed by atoms with Crippen LogP contribution in [0.2, 0.25) is 0 Å². The SMILES string of the molecule is CCCCC[C@H](C)C1NS(=O)(=O)OCC[C@H]1OC(C)=O. The Morgan fingerprint density at radius 3 is 2.75 bits per heavy atom. The number of unbranched alkanes of at least 4 members (excludes halogenated alkanes) is 2. The van der Waals surface area contributed by atoms with E-state index >= 15 is 0 Å². The maximum absolute atomic E-state index is 11.7. The number of ether oxygens (including phenoxy) is 1. The van der Waals surface area contributed by atoms with E-state index in [9.17, 15) is 13.2 Å². The highest BCUT2D eigenvalue weighted by atomic mass is 32.2. The molecule has 1 N–H and O–H groups in total. The Labute approximate surface area is 121 Å². The second kappa shape index (κ2) is 7.95. The lowest BCUT2D eigenvalue weighted by molar-refractivity contribution is -0.148. The fourth-order valence-corrected chi connectivity index (χ4v) is 3.56. The highest BCUT2D eigenvalue weighted by Crippen LogP contribution is 2.23. The summed E-state index contributed by atoms with van der Waals surface area (Å²) < 4.78 is 35.9. The van der Waals surface area contributed by atoms with Gasteiger partial charge in [0.1, 0.15) is 6.10 Å². The first-order valence-corrected chi connectivity index (χ1v) is 8.60. The largest absolute Gasteiger partial charge is 0.461 e. The zero-order chi connectivity index (χ0) is 15.2. The minimum absolute atomic E-state index is 0.0332. The molecule has 0 aromatic heterocycles. The standard InChI is InChI=1S/C13H25NO5S/c1-4-5-6-7-10(2)13-12(19-11(3)15)8-9-18-20(16,17)14-13/h10,12-14H,4-9H2,1-3H3/t10-,12+,13?/m0/s1. The number of hydrogen-bond acceptors (Lipinski definition) is 5. The Morgan fingerprint density at radius 1 is 1.45 bits per heavy atom. The van der Waals surface area contributed by atoms with Crippen LogP contribution in [0.3, 0.4) is 0 Å². The van der Waals surface area contributed by atoms with Crippen molar-refractivity contribution in [2.24, 2.45) is 5.92 Å². The maximum atomic E-state index is 11.7. The molecule has 1 aliphatic rings. The van der Waals surface area contributed by atoms with E-state index in [0.29, 0.717) is 6.42 Å². The topological polar surface area (TPSA) is 81.7 Å². The van der Waals surface area contributed by atoms with E-state index in [1.54, 1.807) is 0 Å². The molecule has 1 aliphatic heterocycles. The lowest BCUT2D eigenvalue weighted by Crippen LogP contribution is -2.47. The predicted molar refractivity (Wildman–Crippen MR) is 75.3 cm³/mol. The van der Waals surface area contributed by atoms with Crippen molar-refractivity contribution in [3.8, 4) is 0 Å². The molecule has 7 heteroatoms. The summed E-state index contributed by atoms with van der Waals surface area (Å²) >= 11 is 0. The Kier molecular flexibility index (Phi) is 6.91. The summed E-state index contributed by atoms with van der Waals surface area (Å²) in [5.74, 6) is -0.316. The molecule has 118 valence electrons. The van der Waals surface area contributed by atoms with Gasteiger partial charge in [0.15, 0.2) is 0 Å². The monoisotopic (exact) mass is 307 g/mol. The van der Waals surface area contributed by atoms with Crippen LogP contribution in [0.25, 0.3) is 0 Å². The summed E-state index contributed by atoms with van der Waals surface area (Å²) in [6.45, 7) is 5.46. The molecule has 1 rings (SSSR count). The van der Waals surface area contributed by atoms with Gasteiger partial charge in [-0.25, -0.2) is 0 Å². The molecule has 0 bridgehead atoms. The number of carbonyl (C=O) groups is 1. The molecule has 3 atom stereocenters. The van der Waals surface area contributed by atoms with Crippen molar-refractivity contribution < 1.29 is 22.1 Å². The molecule has 20 heavy (non-hydrogen) atoms. The summed E-state index contributed by atoms with van der Waals surface area (Å²) in [4.78, 5) is 11.2. The van der Waals surface area contributed by atoms with E-state index in [-0.39, 0.29) is 12.5 Å². The first-order chi connectivity index (χ1) is 9.35. The number of hydrogen-bond donors (Lipinski definition) is 1. The van der Waals surface area contributed by atoms with E-state index < -0.39 is 28.4 Å². The summed E-state index contributed by atoms with van der Waals surface area (Å²) in [5, 5.41) is 0. The first-order valence-electron chi connectivity index (χ1n) is 7.19. The average Bonchev–Trinajstić information content (AvgIpc) is 2.48. The van der Waals surface area contributed by atoms with Gasteiger partial charge in [-0.05, 0) is 12.3 Å². The summed E-state index contributed by atoms with van der Waals surface area (Å²) in [6, 6.07) is -0.428. The lowest BCUT2D eigenvalue weighted by Gasteiger charge is -2.29. The third-order valence-corrected chi connectivity index (χ3v) is 4.55. The number of esters is 1. The van der Waals surface area contributed by atoms with E-state index in [1.165, 1.54) is 6.92 Å². The minimum atomic E-state index is -3.75. The summed E-state index contributed by atoms with van der Waals surface area (Å²) in [5.41, 5.74) is 0. The van der Waals surface area contributed by atoms with E-state index in [1.807, 2.05) is 6.92 Å². The molecule has 1 unspecified atom stereocenters. The number of rotatable bonds is 6. The van der Waals surface area contributed by atoms with Gasteiger partial charge in [0.2, 0.25) is 0 Å². The second-order valence-corrected chi connectivity index (χ2v) is 6.71. The van der Waals surface area contributed by atoms with E-state index in [0.717, 1.165) is 25.7 Å². The Balaban J connectivity index is 2.77. The number of nitrogens with one attached hydrogen (secondary N) is 1. The third-order valence-electron chi connectivity index (χ3n) is 3.52. The molecule has 0 aliphatic carbocycles.